The van der Waals surface area contributed by atoms with Gasteiger partial charge in [-0.25, -0.2) is 8.42 Å². The quantitative estimate of drug-likeness (QED) is 0.825. The maximum absolute atomic E-state index is 13.0. The maximum atomic E-state index is 13.0. The molecule has 1 N–H and O–H groups in total. The van der Waals surface area contributed by atoms with Crippen molar-refractivity contribution in [3.63, 3.8) is 0 Å². The van der Waals surface area contributed by atoms with Gasteiger partial charge in [0.25, 0.3) is 0 Å². The highest BCUT2D eigenvalue weighted by atomic mass is 32.2. The van der Waals surface area contributed by atoms with E-state index in [1.807, 2.05) is 0 Å². The van der Waals surface area contributed by atoms with Crippen molar-refractivity contribution in [1.82, 2.24) is 4.31 Å². The van der Waals surface area contributed by atoms with Crippen LogP contribution in [0.25, 0.3) is 0 Å². The van der Waals surface area contributed by atoms with Crippen LogP contribution in [0.15, 0.2) is 34.1 Å². The Morgan fingerprint density at radius 3 is 2.39 bits per heavy atom. The predicted octanol–water partition coefficient (Wildman–Crippen LogP) is 2.29. The van der Waals surface area contributed by atoms with Crippen molar-refractivity contribution in [2.75, 3.05) is 19.3 Å². The second-order valence-electron chi connectivity index (χ2n) is 5.07. The van der Waals surface area contributed by atoms with E-state index in [1.54, 1.807) is 18.4 Å². The number of alkyl halides is 3. The minimum Gasteiger partial charge on any atom is -0.481 e. The molecule has 1 saturated heterocycles. The van der Waals surface area contributed by atoms with Gasteiger partial charge in [0.15, 0.2) is 0 Å². The number of hydrogen-bond acceptors (Lipinski definition) is 4. The molecule has 1 fully saturated rings. The van der Waals surface area contributed by atoms with Gasteiger partial charge >= 0.3 is 12.1 Å². The van der Waals surface area contributed by atoms with E-state index in [4.69, 9.17) is 5.11 Å². The van der Waals surface area contributed by atoms with E-state index in [9.17, 15) is 26.4 Å². The first-order valence-electron chi connectivity index (χ1n) is 6.51. The fourth-order valence-corrected chi connectivity index (χ4v) is 5.13. The van der Waals surface area contributed by atoms with Crippen molar-refractivity contribution in [3.05, 3.63) is 24.3 Å². The highest BCUT2D eigenvalue weighted by molar-refractivity contribution is 7.99. The lowest BCUT2D eigenvalue weighted by molar-refractivity contribution is -0.187. The number of aliphatic carboxylic acids is 1. The summed E-state index contributed by atoms with van der Waals surface area (Å²) in [5.74, 6) is -5.66. The van der Waals surface area contributed by atoms with Gasteiger partial charge in [-0.15, -0.1) is 11.8 Å². The van der Waals surface area contributed by atoms with Crippen LogP contribution >= 0.6 is 11.8 Å². The number of benzene rings is 1. The van der Waals surface area contributed by atoms with Crippen LogP contribution in [0, 0.1) is 11.8 Å². The van der Waals surface area contributed by atoms with Crippen molar-refractivity contribution < 1.29 is 31.5 Å². The molecule has 1 aliphatic heterocycles. The molecule has 23 heavy (non-hydrogen) atoms. The van der Waals surface area contributed by atoms with Crippen LogP contribution in [-0.4, -0.2) is 49.3 Å². The molecule has 0 aliphatic carbocycles. The predicted molar refractivity (Wildman–Crippen MR) is 77.7 cm³/mol. The number of sulfonamides is 1. The number of carboxylic acid groups (broad SMARTS) is 1. The molecule has 1 aliphatic rings. The third-order valence-corrected chi connectivity index (χ3v) is 6.53. The topological polar surface area (TPSA) is 74.7 Å². The molecule has 1 heterocycles. The summed E-state index contributed by atoms with van der Waals surface area (Å²) in [6, 6.07) is 5.94. The minimum absolute atomic E-state index is 0.112. The van der Waals surface area contributed by atoms with Gasteiger partial charge in [0.1, 0.15) is 0 Å². The maximum Gasteiger partial charge on any atom is 0.393 e. The summed E-state index contributed by atoms with van der Waals surface area (Å²) in [7, 11) is -4.19. The van der Waals surface area contributed by atoms with Gasteiger partial charge in [0, 0.05) is 18.0 Å². The monoisotopic (exact) mass is 369 g/mol. The second-order valence-corrected chi connectivity index (χ2v) is 7.82. The number of hydrogen-bond donors (Lipinski definition) is 1. The first-order valence-corrected chi connectivity index (χ1v) is 9.18. The molecule has 0 radical (unpaired) electrons. The average molecular weight is 369 g/mol. The van der Waals surface area contributed by atoms with E-state index in [1.165, 1.54) is 12.1 Å². The molecule has 0 bridgehead atoms. The van der Waals surface area contributed by atoms with E-state index in [-0.39, 0.29) is 4.90 Å². The van der Waals surface area contributed by atoms with Crippen molar-refractivity contribution in [2.45, 2.75) is 16.0 Å². The summed E-state index contributed by atoms with van der Waals surface area (Å²) < 4.78 is 64.8. The molecule has 0 aromatic heterocycles. The molecule has 1 aromatic rings. The fraction of sp³-hybridized carbons (Fsp3) is 0.462. The van der Waals surface area contributed by atoms with Crippen LogP contribution in [0.2, 0.25) is 0 Å². The summed E-state index contributed by atoms with van der Waals surface area (Å²) in [6.07, 6.45) is -3.12. The number of thioether (sulfide) groups is 1. The van der Waals surface area contributed by atoms with Gasteiger partial charge in [-0.1, -0.05) is 12.1 Å². The van der Waals surface area contributed by atoms with Gasteiger partial charge in [-0.2, -0.15) is 17.5 Å². The minimum atomic E-state index is -4.77. The lowest BCUT2D eigenvalue weighted by atomic mass is 9.96. The number of halogens is 3. The summed E-state index contributed by atoms with van der Waals surface area (Å²) in [5, 5.41) is 8.98. The lowest BCUT2D eigenvalue weighted by Gasteiger charge is -2.19. The summed E-state index contributed by atoms with van der Waals surface area (Å²) in [5.41, 5.74) is 0. The third-order valence-electron chi connectivity index (χ3n) is 3.71. The van der Waals surface area contributed by atoms with E-state index in [0.717, 1.165) is 11.8 Å². The molecule has 128 valence electrons. The molecular weight excluding hydrogens is 355 g/mol. The van der Waals surface area contributed by atoms with Gasteiger partial charge < -0.3 is 5.11 Å². The number of carbonyl (C=O) groups is 1. The number of carboxylic acids is 1. The molecule has 10 heteroatoms. The molecule has 0 unspecified atom stereocenters. The molecular formula is C13H14F3NO4S2. The standard InChI is InChI=1S/C13H14F3NO4S2/c1-22-10-4-2-3-5-11(10)23(20,21)17-6-8(12(18)19)9(7-17)13(14,15)16/h2-5,8-9H,6-7H2,1H3,(H,18,19)/t8-,9-/m1/s1. The Bertz CT molecular complexity index is 705. The van der Waals surface area contributed by atoms with Crippen LogP contribution in [-0.2, 0) is 14.8 Å². The molecule has 5 nitrogen and oxygen atoms in total. The zero-order valence-electron chi connectivity index (χ0n) is 11.9. The molecule has 2 rings (SSSR count). The van der Waals surface area contributed by atoms with Crippen LogP contribution in [0.1, 0.15) is 0 Å². The molecule has 0 saturated carbocycles. The zero-order chi connectivity index (χ0) is 17.4. The Labute approximate surface area is 135 Å². The Morgan fingerprint density at radius 1 is 1.30 bits per heavy atom. The summed E-state index contributed by atoms with van der Waals surface area (Å²) in [6.45, 7) is -1.57. The average Bonchev–Trinajstić information content (AvgIpc) is 2.93. The van der Waals surface area contributed by atoms with Crippen molar-refractivity contribution >= 4 is 27.8 Å². The van der Waals surface area contributed by atoms with E-state index < -0.39 is 47.1 Å². The van der Waals surface area contributed by atoms with Crippen LogP contribution in [0.5, 0.6) is 0 Å². The first-order chi connectivity index (χ1) is 10.6. The van der Waals surface area contributed by atoms with Crippen LogP contribution < -0.4 is 0 Å². The van der Waals surface area contributed by atoms with Gasteiger partial charge in [-0.05, 0) is 18.4 Å². The lowest BCUT2D eigenvalue weighted by Crippen LogP contribution is -2.34. The normalized spacial score (nSPS) is 23.1. The highest BCUT2D eigenvalue weighted by Gasteiger charge is 2.55. The van der Waals surface area contributed by atoms with Gasteiger partial charge in [0.05, 0.1) is 16.7 Å². The molecule has 0 amide bonds. The Balaban J connectivity index is 2.40. The Morgan fingerprint density at radius 2 is 1.91 bits per heavy atom. The fourth-order valence-electron chi connectivity index (χ4n) is 2.52. The molecule has 2 atom stereocenters. The second kappa shape index (κ2) is 6.33. The van der Waals surface area contributed by atoms with Crippen molar-refractivity contribution in [2.24, 2.45) is 11.8 Å². The number of nitrogens with zero attached hydrogens (tertiary/aromatic N) is 1. The van der Waals surface area contributed by atoms with Gasteiger partial charge in [0.2, 0.25) is 10.0 Å². The first kappa shape index (κ1) is 18.1. The highest BCUT2D eigenvalue weighted by Crippen LogP contribution is 2.40. The third kappa shape index (κ3) is 3.48. The van der Waals surface area contributed by atoms with E-state index in [2.05, 4.69) is 0 Å². The zero-order valence-corrected chi connectivity index (χ0v) is 13.6. The Kier molecular flexibility index (Phi) is 4.97. The smallest absolute Gasteiger partial charge is 0.393 e. The Hall–Kier alpha value is -1.26. The van der Waals surface area contributed by atoms with E-state index >= 15 is 0 Å². The van der Waals surface area contributed by atoms with Gasteiger partial charge in [-0.3, -0.25) is 4.79 Å². The summed E-state index contributed by atoms with van der Waals surface area (Å²) >= 11 is 1.15. The summed E-state index contributed by atoms with van der Waals surface area (Å²) in [4.78, 5) is 11.4. The molecule has 1 aromatic carbocycles. The molecule has 0 spiro atoms. The van der Waals surface area contributed by atoms with Crippen molar-refractivity contribution in [3.8, 4) is 0 Å². The van der Waals surface area contributed by atoms with Crippen molar-refractivity contribution in [1.29, 1.82) is 0 Å². The van der Waals surface area contributed by atoms with Crippen LogP contribution in [0.4, 0.5) is 13.2 Å². The SMILES string of the molecule is CSc1ccccc1S(=O)(=O)N1C[C@@H](C(F)(F)F)[C@H](C(=O)O)C1. The van der Waals surface area contributed by atoms with Crippen LogP contribution in [0.3, 0.4) is 0 Å². The number of rotatable bonds is 4. The largest absolute Gasteiger partial charge is 0.481 e. The van der Waals surface area contributed by atoms with E-state index in [0.29, 0.717) is 9.20 Å².